The molecule has 4 heterocycles. The first-order valence-corrected chi connectivity index (χ1v) is 12.3. The molecule has 0 fully saturated rings. The Morgan fingerprint density at radius 1 is 0.649 bits per heavy atom. The second-order valence-electron chi connectivity index (χ2n) is 9.17. The van der Waals surface area contributed by atoms with Crippen LogP contribution in [0.3, 0.4) is 0 Å². The van der Waals surface area contributed by atoms with E-state index in [-0.39, 0.29) is 0 Å². The van der Waals surface area contributed by atoms with Crippen LogP contribution in [0.25, 0.3) is 67.1 Å². The highest BCUT2D eigenvalue weighted by molar-refractivity contribution is 6.06. The minimum absolute atomic E-state index is 0.791. The maximum Gasteiger partial charge on any atom is 0.232 e. The summed E-state index contributed by atoms with van der Waals surface area (Å²) in [6, 6.07) is 39.3. The van der Waals surface area contributed by atoms with Crippen molar-refractivity contribution in [2.45, 2.75) is 0 Å². The van der Waals surface area contributed by atoms with Crippen molar-refractivity contribution in [3.8, 4) is 28.1 Å². The SMILES string of the molecule is c1ccc(-c2ccc(-c3ccc4c(c3)nc3n(-c5ccccc5)c5oc6ccccc6c5n43)nc2)cc1. The largest absolute Gasteiger partial charge is 0.437 e. The summed E-state index contributed by atoms with van der Waals surface area (Å²) in [5.41, 5.74) is 9.85. The monoisotopic (exact) mass is 476 g/mol. The molecule has 0 amide bonds. The Bertz CT molecular complexity index is 2060. The smallest absolute Gasteiger partial charge is 0.232 e. The van der Waals surface area contributed by atoms with E-state index in [1.807, 2.05) is 60.8 Å². The summed E-state index contributed by atoms with van der Waals surface area (Å²) in [6.45, 7) is 0. The van der Waals surface area contributed by atoms with Crippen molar-refractivity contribution < 1.29 is 4.42 Å². The lowest BCUT2D eigenvalue weighted by atomic mass is 10.1. The van der Waals surface area contributed by atoms with Crippen LogP contribution in [0.2, 0.25) is 0 Å². The van der Waals surface area contributed by atoms with Gasteiger partial charge < -0.3 is 4.42 Å². The van der Waals surface area contributed by atoms with Crippen LogP contribution < -0.4 is 0 Å². The number of pyridine rings is 1. The number of fused-ring (bicyclic) bond motifs is 7. The number of hydrogen-bond donors (Lipinski definition) is 0. The Balaban J connectivity index is 1.35. The van der Waals surface area contributed by atoms with Crippen LogP contribution in [0.4, 0.5) is 0 Å². The van der Waals surface area contributed by atoms with Gasteiger partial charge in [-0.3, -0.25) is 9.38 Å². The summed E-state index contributed by atoms with van der Waals surface area (Å²) in [5.74, 6) is 0.824. The van der Waals surface area contributed by atoms with Gasteiger partial charge >= 0.3 is 0 Å². The van der Waals surface area contributed by atoms with Gasteiger partial charge in [-0.2, -0.15) is 0 Å². The quantitative estimate of drug-likeness (QED) is 0.260. The van der Waals surface area contributed by atoms with Gasteiger partial charge in [-0.25, -0.2) is 9.55 Å². The molecule has 5 heteroatoms. The molecule has 8 rings (SSSR count). The van der Waals surface area contributed by atoms with Crippen LogP contribution in [-0.4, -0.2) is 18.9 Å². The molecule has 0 unspecified atom stereocenters. The molecule has 0 saturated heterocycles. The Morgan fingerprint density at radius 2 is 1.41 bits per heavy atom. The van der Waals surface area contributed by atoms with Gasteiger partial charge in [0.05, 0.1) is 22.4 Å². The standard InChI is InChI=1S/C32H20N4O/c1-3-9-21(10-4-1)23-15-17-26(33-20-23)22-16-18-28-27(19-22)34-32-35(24-11-5-2-6-12-24)31-30(36(28)32)25-13-7-8-14-29(25)37-31/h1-20H. The first-order chi connectivity index (χ1) is 18.3. The van der Waals surface area contributed by atoms with E-state index in [0.717, 1.165) is 67.1 Å². The zero-order chi connectivity index (χ0) is 24.3. The first-order valence-electron chi connectivity index (χ1n) is 12.3. The minimum atomic E-state index is 0.791. The lowest BCUT2D eigenvalue weighted by Crippen LogP contribution is -1.94. The van der Waals surface area contributed by atoms with Crippen molar-refractivity contribution in [1.82, 2.24) is 18.9 Å². The van der Waals surface area contributed by atoms with Crippen LogP contribution >= 0.6 is 0 Å². The summed E-state index contributed by atoms with van der Waals surface area (Å²) in [5, 5.41) is 1.07. The molecule has 174 valence electrons. The second kappa shape index (κ2) is 7.67. The summed E-state index contributed by atoms with van der Waals surface area (Å²) >= 11 is 0. The van der Waals surface area contributed by atoms with Gasteiger partial charge in [-0.1, -0.05) is 72.8 Å². The highest BCUT2D eigenvalue weighted by atomic mass is 16.3. The molecular weight excluding hydrogens is 456 g/mol. The number of furan rings is 1. The Labute approximate surface area is 211 Å². The fourth-order valence-electron chi connectivity index (χ4n) is 5.25. The van der Waals surface area contributed by atoms with Gasteiger partial charge in [0, 0.05) is 22.7 Å². The molecule has 0 aliphatic heterocycles. The van der Waals surface area contributed by atoms with Gasteiger partial charge in [-0.05, 0) is 48.0 Å². The predicted octanol–water partition coefficient (Wildman–Crippen LogP) is 7.91. The molecule has 0 aliphatic rings. The van der Waals surface area contributed by atoms with Gasteiger partial charge in [-0.15, -0.1) is 0 Å². The van der Waals surface area contributed by atoms with E-state index in [1.165, 1.54) is 0 Å². The minimum Gasteiger partial charge on any atom is -0.437 e. The Hall–Kier alpha value is -5.16. The second-order valence-corrected chi connectivity index (χ2v) is 9.17. The molecule has 8 aromatic rings. The topological polar surface area (TPSA) is 48.3 Å². The third-order valence-corrected chi connectivity index (χ3v) is 7.00. The predicted molar refractivity (Wildman–Crippen MR) is 148 cm³/mol. The van der Waals surface area contributed by atoms with Gasteiger partial charge in [0.1, 0.15) is 11.1 Å². The molecule has 4 aromatic heterocycles. The lowest BCUT2D eigenvalue weighted by Gasteiger charge is -2.04. The first kappa shape index (κ1) is 20.1. The third kappa shape index (κ3) is 2.98. The van der Waals surface area contributed by atoms with Crippen LogP contribution in [0.15, 0.2) is 126 Å². The van der Waals surface area contributed by atoms with E-state index in [9.17, 15) is 0 Å². The van der Waals surface area contributed by atoms with Gasteiger partial charge in [0.15, 0.2) is 0 Å². The van der Waals surface area contributed by atoms with Crippen molar-refractivity contribution >= 4 is 39.0 Å². The molecule has 0 N–H and O–H groups in total. The molecule has 0 spiro atoms. The highest BCUT2D eigenvalue weighted by Gasteiger charge is 2.23. The number of imidazole rings is 2. The molecule has 4 aromatic carbocycles. The van der Waals surface area contributed by atoms with Crippen LogP contribution in [0.5, 0.6) is 0 Å². The molecular formula is C32H20N4O. The third-order valence-electron chi connectivity index (χ3n) is 7.00. The van der Waals surface area contributed by atoms with Gasteiger partial charge in [0.25, 0.3) is 0 Å². The number of rotatable bonds is 3. The molecule has 0 radical (unpaired) electrons. The molecule has 0 saturated carbocycles. The molecule has 0 aliphatic carbocycles. The summed E-state index contributed by atoms with van der Waals surface area (Å²) in [6.07, 6.45) is 1.93. The van der Waals surface area contributed by atoms with Crippen molar-refractivity contribution in [2.75, 3.05) is 0 Å². The van der Waals surface area contributed by atoms with Crippen molar-refractivity contribution in [3.63, 3.8) is 0 Å². The zero-order valence-electron chi connectivity index (χ0n) is 19.7. The van der Waals surface area contributed by atoms with E-state index < -0.39 is 0 Å². The van der Waals surface area contributed by atoms with E-state index >= 15 is 0 Å². The number of aromatic nitrogens is 4. The van der Waals surface area contributed by atoms with Crippen molar-refractivity contribution in [2.24, 2.45) is 0 Å². The number of nitrogens with zero attached hydrogens (tertiary/aromatic N) is 4. The number of benzene rings is 4. The van der Waals surface area contributed by atoms with Crippen LogP contribution in [0.1, 0.15) is 0 Å². The number of para-hydroxylation sites is 2. The molecule has 0 bridgehead atoms. The van der Waals surface area contributed by atoms with Gasteiger partial charge in [0.2, 0.25) is 11.5 Å². The normalized spacial score (nSPS) is 11.8. The summed E-state index contributed by atoms with van der Waals surface area (Å²) in [7, 11) is 0. The maximum absolute atomic E-state index is 6.36. The Kier molecular flexibility index (Phi) is 4.16. The van der Waals surface area contributed by atoms with E-state index in [1.54, 1.807) is 0 Å². The molecule has 5 nitrogen and oxygen atoms in total. The number of hydrogen-bond acceptors (Lipinski definition) is 3. The fraction of sp³-hybridized carbons (Fsp3) is 0. The van der Waals surface area contributed by atoms with Crippen molar-refractivity contribution in [3.05, 3.63) is 121 Å². The van der Waals surface area contributed by atoms with Crippen LogP contribution in [-0.2, 0) is 0 Å². The lowest BCUT2D eigenvalue weighted by molar-refractivity contribution is 0.645. The average molecular weight is 477 g/mol. The summed E-state index contributed by atoms with van der Waals surface area (Å²) < 4.78 is 10.7. The van der Waals surface area contributed by atoms with E-state index in [4.69, 9.17) is 14.4 Å². The maximum atomic E-state index is 6.36. The highest BCUT2D eigenvalue weighted by Crippen LogP contribution is 2.36. The fourth-order valence-corrected chi connectivity index (χ4v) is 5.25. The van der Waals surface area contributed by atoms with E-state index in [2.05, 4.69) is 69.6 Å². The summed E-state index contributed by atoms with van der Waals surface area (Å²) in [4.78, 5) is 9.86. The van der Waals surface area contributed by atoms with Crippen molar-refractivity contribution in [1.29, 1.82) is 0 Å². The van der Waals surface area contributed by atoms with Crippen LogP contribution in [0, 0.1) is 0 Å². The Morgan fingerprint density at radius 3 is 2.22 bits per heavy atom. The van der Waals surface area contributed by atoms with E-state index in [0.29, 0.717) is 0 Å². The zero-order valence-corrected chi connectivity index (χ0v) is 19.7. The average Bonchev–Trinajstić information content (AvgIpc) is 3.60. The molecule has 0 atom stereocenters. The molecule has 37 heavy (non-hydrogen) atoms.